The SMILES string of the molecule is CC1=NN(c2ccccc2)C(=O)C1/C=C1/C(=O)NC(=O)N(c2ccc3c(c2)OCO3)C1=O.Cl. The third-order valence-electron chi connectivity index (χ3n) is 5.23. The number of nitrogens with one attached hydrogen (secondary N) is 1. The molecule has 11 heteroatoms. The van der Waals surface area contributed by atoms with Crippen LogP contribution >= 0.6 is 12.4 Å². The number of barbiturate groups is 1. The summed E-state index contributed by atoms with van der Waals surface area (Å²) >= 11 is 0. The van der Waals surface area contributed by atoms with Crippen molar-refractivity contribution < 1.29 is 28.7 Å². The highest BCUT2D eigenvalue weighted by Crippen LogP contribution is 2.36. The fourth-order valence-corrected chi connectivity index (χ4v) is 3.63. The molecule has 3 aliphatic heterocycles. The van der Waals surface area contributed by atoms with Gasteiger partial charge in [-0.15, -0.1) is 12.4 Å². The van der Waals surface area contributed by atoms with E-state index in [1.54, 1.807) is 37.3 Å². The highest BCUT2D eigenvalue weighted by atomic mass is 35.5. The van der Waals surface area contributed by atoms with Crippen LogP contribution in [0.4, 0.5) is 16.2 Å². The molecule has 2 aromatic carbocycles. The van der Waals surface area contributed by atoms with E-state index in [-0.39, 0.29) is 30.5 Å². The molecule has 0 aromatic heterocycles. The number of hydrogen-bond acceptors (Lipinski definition) is 7. The van der Waals surface area contributed by atoms with Crippen molar-refractivity contribution in [3.63, 3.8) is 0 Å². The molecule has 1 N–H and O–H groups in total. The monoisotopic (exact) mass is 468 g/mol. The zero-order valence-corrected chi connectivity index (χ0v) is 18.0. The average molecular weight is 469 g/mol. The Morgan fingerprint density at radius 3 is 2.48 bits per heavy atom. The predicted molar refractivity (Wildman–Crippen MR) is 119 cm³/mol. The van der Waals surface area contributed by atoms with Crippen molar-refractivity contribution in [2.24, 2.45) is 11.0 Å². The Morgan fingerprint density at radius 2 is 1.73 bits per heavy atom. The summed E-state index contributed by atoms with van der Waals surface area (Å²) in [6, 6.07) is 12.4. The Labute approximate surface area is 193 Å². The summed E-state index contributed by atoms with van der Waals surface area (Å²) in [6.07, 6.45) is 1.24. The van der Waals surface area contributed by atoms with Gasteiger partial charge in [0.15, 0.2) is 11.5 Å². The van der Waals surface area contributed by atoms with Crippen LogP contribution in [-0.2, 0) is 14.4 Å². The van der Waals surface area contributed by atoms with Crippen LogP contribution in [0.2, 0.25) is 0 Å². The second kappa shape index (κ2) is 8.40. The number of nitrogens with zero attached hydrogens (tertiary/aromatic N) is 3. The number of anilines is 2. The first kappa shape index (κ1) is 22.0. The van der Waals surface area contributed by atoms with Gasteiger partial charge in [0, 0.05) is 6.07 Å². The maximum absolute atomic E-state index is 13.1. The smallest absolute Gasteiger partial charge is 0.335 e. The molecule has 2 aromatic rings. The van der Waals surface area contributed by atoms with E-state index in [0.717, 1.165) is 4.90 Å². The molecule has 0 radical (unpaired) electrons. The average Bonchev–Trinajstić information content (AvgIpc) is 3.35. The number of urea groups is 1. The van der Waals surface area contributed by atoms with Gasteiger partial charge in [-0.2, -0.15) is 10.1 Å². The lowest BCUT2D eigenvalue weighted by molar-refractivity contribution is -0.122. The van der Waals surface area contributed by atoms with E-state index < -0.39 is 29.7 Å². The minimum absolute atomic E-state index is 0. The van der Waals surface area contributed by atoms with Gasteiger partial charge in [0.2, 0.25) is 6.79 Å². The van der Waals surface area contributed by atoms with Crippen LogP contribution in [0.15, 0.2) is 65.3 Å². The third-order valence-corrected chi connectivity index (χ3v) is 5.23. The van der Waals surface area contributed by atoms with Crippen LogP contribution < -0.4 is 24.7 Å². The quantitative estimate of drug-likeness (QED) is 0.546. The molecule has 0 saturated carbocycles. The summed E-state index contributed by atoms with van der Waals surface area (Å²) in [5.74, 6) is -2.21. The number of ether oxygens (including phenoxy) is 2. The maximum atomic E-state index is 13.1. The summed E-state index contributed by atoms with van der Waals surface area (Å²) in [6.45, 7) is 1.66. The molecule has 5 amide bonds. The Bertz CT molecular complexity index is 1240. The van der Waals surface area contributed by atoms with Gasteiger partial charge < -0.3 is 9.47 Å². The molecule has 10 nitrogen and oxygen atoms in total. The van der Waals surface area contributed by atoms with Gasteiger partial charge in [-0.1, -0.05) is 18.2 Å². The van der Waals surface area contributed by atoms with Gasteiger partial charge in [0.05, 0.1) is 23.0 Å². The van der Waals surface area contributed by atoms with Crippen molar-refractivity contribution in [3.8, 4) is 11.5 Å². The van der Waals surface area contributed by atoms with Crippen LogP contribution in [-0.4, -0.2) is 36.3 Å². The van der Waals surface area contributed by atoms with Gasteiger partial charge in [0.1, 0.15) is 5.57 Å². The lowest BCUT2D eigenvalue weighted by Gasteiger charge is -2.26. The van der Waals surface area contributed by atoms with Gasteiger partial charge >= 0.3 is 6.03 Å². The van der Waals surface area contributed by atoms with Crippen molar-refractivity contribution >= 4 is 53.2 Å². The molecular formula is C22H17ClN4O6. The summed E-state index contributed by atoms with van der Waals surface area (Å²) in [7, 11) is 0. The van der Waals surface area contributed by atoms with E-state index in [1.165, 1.54) is 23.2 Å². The molecule has 33 heavy (non-hydrogen) atoms. The largest absolute Gasteiger partial charge is 0.454 e. The van der Waals surface area contributed by atoms with Crippen molar-refractivity contribution in [3.05, 3.63) is 60.2 Å². The lowest BCUT2D eigenvalue weighted by Crippen LogP contribution is -2.54. The summed E-state index contributed by atoms with van der Waals surface area (Å²) in [5, 5.41) is 7.64. The van der Waals surface area contributed by atoms with Crippen molar-refractivity contribution in [2.45, 2.75) is 6.92 Å². The number of rotatable bonds is 3. The van der Waals surface area contributed by atoms with Gasteiger partial charge in [-0.05, 0) is 37.3 Å². The zero-order valence-electron chi connectivity index (χ0n) is 17.2. The highest BCUT2D eigenvalue weighted by Gasteiger charge is 2.40. The number of benzene rings is 2. The van der Waals surface area contributed by atoms with E-state index in [1.807, 2.05) is 6.07 Å². The molecule has 1 atom stereocenters. The fourth-order valence-electron chi connectivity index (χ4n) is 3.63. The van der Waals surface area contributed by atoms with Crippen LogP contribution in [0, 0.1) is 5.92 Å². The van der Waals surface area contributed by atoms with E-state index in [4.69, 9.17) is 9.47 Å². The summed E-state index contributed by atoms with van der Waals surface area (Å²) in [5.41, 5.74) is 0.849. The molecule has 3 aliphatic rings. The van der Waals surface area contributed by atoms with Gasteiger partial charge in [0.25, 0.3) is 17.7 Å². The number of para-hydroxylation sites is 1. The van der Waals surface area contributed by atoms with Crippen molar-refractivity contribution in [1.29, 1.82) is 0 Å². The summed E-state index contributed by atoms with van der Waals surface area (Å²) in [4.78, 5) is 51.8. The first-order valence-electron chi connectivity index (χ1n) is 9.69. The van der Waals surface area contributed by atoms with E-state index in [9.17, 15) is 19.2 Å². The van der Waals surface area contributed by atoms with Gasteiger partial charge in [-0.3, -0.25) is 19.7 Å². The maximum Gasteiger partial charge on any atom is 0.335 e. The summed E-state index contributed by atoms with van der Waals surface area (Å²) < 4.78 is 10.5. The Morgan fingerprint density at radius 1 is 1.00 bits per heavy atom. The zero-order chi connectivity index (χ0) is 22.4. The molecule has 1 unspecified atom stereocenters. The number of amides is 5. The topological polar surface area (TPSA) is 118 Å². The Kier molecular flexibility index (Phi) is 5.60. The number of hydrogen-bond donors (Lipinski definition) is 1. The normalized spacial score (nSPS) is 20.7. The fraction of sp³-hybridized carbons (Fsp3) is 0.136. The molecule has 168 valence electrons. The molecule has 1 fully saturated rings. The Hall–Kier alpha value is -4.18. The second-order valence-corrected chi connectivity index (χ2v) is 7.22. The molecular weight excluding hydrogens is 452 g/mol. The number of hydrazone groups is 1. The van der Waals surface area contributed by atoms with E-state index in [0.29, 0.717) is 22.9 Å². The first-order chi connectivity index (χ1) is 15.4. The Balaban J connectivity index is 0.00000259. The van der Waals surface area contributed by atoms with Crippen molar-refractivity contribution in [1.82, 2.24) is 5.32 Å². The number of carbonyl (C=O) groups is 4. The molecule has 0 aliphatic carbocycles. The van der Waals surface area contributed by atoms with Crippen LogP contribution in [0.1, 0.15) is 6.92 Å². The van der Waals surface area contributed by atoms with Crippen LogP contribution in [0.5, 0.6) is 11.5 Å². The first-order valence-corrected chi connectivity index (χ1v) is 9.69. The molecule has 0 spiro atoms. The molecule has 0 bridgehead atoms. The molecule has 5 rings (SSSR count). The van der Waals surface area contributed by atoms with E-state index in [2.05, 4.69) is 10.4 Å². The third kappa shape index (κ3) is 3.70. The minimum atomic E-state index is -0.924. The lowest BCUT2D eigenvalue weighted by atomic mass is 9.98. The van der Waals surface area contributed by atoms with Crippen LogP contribution in [0.25, 0.3) is 0 Å². The van der Waals surface area contributed by atoms with Crippen molar-refractivity contribution in [2.75, 3.05) is 16.7 Å². The standard InChI is InChI=1S/C22H16N4O6.ClH/c1-12-15(21(29)26(24-12)13-5-3-2-4-6-13)10-16-19(27)23-22(30)25(20(16)28)14-7-8-17-18(9-14)32-11-31-17;/h2-10,15H,11H2,1H3,(H,23,27,30);1H/b16-10-;. The van der Waals surface area contributed by atoms with Gasteiger partial charge in [-0.25, -0.2) is 9.69 Å². The number of halogens is 1. The van der Waals surface area contributed by atoms with E-state index >= 15 is 0 Å². The van der Waals surface area contributed by atoms with Crippen LogP contribution in [0.3, 0.4) is 0 Å². The highest BCUT2D eigenvalue weighted by molar-refractivity contribution is 6.38. The second-order valence-electron chi connectivity index (χ2n) is 7.22. The number of carbonyl (C=O) groups excluding carboxylic acids is 4. The minimum Gasteiger partial charge on any atom is -0.454 e. The number of fused-ring (bicyclic) bond motifs is 1. The molecule has 3 heterocycles. The predicted octanol–water partition coefficient (Wildman–Crippen LogP) is 2.39. The number of imide groups is 2. The molecule has 1 saturated heterocycles.